The molecule has 1 N–H and O–H groups in total. The molecule has 4 rings (SSSR count). The van der Waals surface area contributed by atoms with Gasteiger partial charge in [0.05, 0.1) is 20.3 Å². The Balaban J connectivity index is 1.65. The molecule has 0 saturated carbocycles. The van der Waals surface area contributed by atoms with Gasteiger partial charge in [0.1, 0.15) is 11.5 Å². The van der Waals surface area contributed by atoms with Crippen LogP contribution < -0.4 is 14.8 Å². The highest BCUT2D eigenvalue weighted by molar-refractivity contribution is 5.90. The van der Waals surface area contributed by atoms with Gasteiger partial charge in [-0.1, -0.05) is 30.3 Å². The Labute approximate surface area is 164 Å². The lowest BCUT2D eigenvalue weighted by atomic mass is 10.0. The molecule has 6 nitrogen and oxygen atoms in total. The van der Waals surface area contributed by atoms with Crippen LogP contribution in [-0.4, -0.2) is 36.3 Å². The third-order valence-electron chi connectivity index (χ3n) is 5.02. The molecule has 0 aliphatic carbocycles. The number of fused-ring (bicyclic) bond motifs is 1. The summed E-state index contributed by atoms with van der Waals surface area (Å²) in [5, 5.41) is 3.00. The van der Waals surface area contributed by atoms with Crippen LogP contribution in [0, 0.1) is 0 Å². The zero-order valence-corrected chi connectivity index (χ0v) is 16.0. The van der Waals surface area contributed by atoms with E-state index < -0.39 is 0 Å². The molecule has 0 radical (unpaired) electrons. The van der Waals surface area contributed by atoms with Crippen LogP contribution >= 0.6 is 0 Å². The number of nitrogens with one attached hydrogen (secondary N) is 1. The fraction of sp³-hybridized carbons (Fsp3) is 0.227. The average molecular weight is 377 g/mol. The first-order valence-electron chi connectivity index (χ1n) is 9.20. The molecule has 0 fully saturated rings. The quantitative estimate of drug-likeness (QED) is 0.743. The molecule has 0 bridgehead atoms. The highest BCUT2D eigenvalue weighted by Gasteiger charge is 2.32. The second-order valence-electron chi connectivity index (χ2n) is 6.66. The van der Waals surface area contributed by atoms with Crippen molar-refractivity contribution >= 4 is 11.7 Å². The first-order chi connectivity index (χ1) is 13.7. The molecule has 6 heteroatoms. The van der Waals surface area contributed by atoms with Crippen LogP contribution in [0.1, 0.15) is 17.3 Å². The lowest BCUT2D eigenvalue weighted by molar-refractivity contribution is 0.182. The molecular formula is C22H23N3O3. The van der Waals surface area contributed by atoms with Crippen molar-refractivity contribution in [2.45, 2.75) is 12.6 Å². The summed E-state index contributed by atoms with van der Waals surface area (Å²) in [6.45, 7) is 1.38. The Morgan fingerprint density at radius 3 is 2.36 bits per heavy atom. The van der Waals surface area contributed by atoms with Gasteiger partial charge in [0.2, 0.25) is 0 Å². The largest absolute Gasteiger partial charge is 0.497 e. The predicted octanol–water partition coefficient (Wildman–Crippen LogP) is 4.14. The molecule has 1 aromatic heterocycles. The van der Waals surface area contributed by atoms with E-state index in [2.05, 4.69) is 34.3 Å². The maximum Gasteiger partial charge on any atom is 0.322 e. The molecule has 1 aliphatic rings. The number of carbonyl (C=O) groups excluding carboxylic acids is 1. The van der Waals surface area contributed by atoms with Crippen LogP contribution in [0.2, 0.25) is 0 Å². The van der Waals surface area contributed by atoms with E-state index in [1.807, 2.05) is 29.2 Å². The Morgan fingerprint density at radius 2 is 1.68 bits per heavy atom. The molecule has 3 aromatic rings. The summed E-state index contributed by atoms with van der Waals surface area (Å²) < 4.78 is 12.8. The molecule has 0 spiro atoms. The lowest BCUT2D eigenvalue weighted by Gasteiger charge is -2.37. The number of rotatable bonds is 4. The Morgan fingerprint density at radius 1 is 0.964 bits per heavy atom. The van der Waals surface area contributed by atoms with Gasteiger partial charge in [0, 0.05) is 48.9 Å². The molecule has 0 saturated heterocycles. The van der Waals surface area contributed by atoms with E-state index in [1.165, 1.54) is 0 Å². The van der Waals surface area contributed by atoms with Gasteiger partial charge in [-0.05, 0) is 17.7 Å². The summed E-state index contributed by atoms with van der Waals surface area (Å²) >= 11 is 0. The van der Waals surface area contributed by atoms with Crippen molar-refractivity contribution in [2.75, 3.05) is 26.1 Å². The van der Waals surface area contributed by atoms with Crippen molar-refractivity contribution in [3.8, 4) is 11.5 Å². The summed E-state index contributed by atoms with van der Waals surface area (Å²) in [5.41, 5.74) is 2.82. The maximum absolute atomic E-state index is 13.2. The molecular weight excluding hydrogens is 354 g/mol. The maximum atomic E-state index is 13.2. The smallest absolute Gasteiger partial charge is 0.322 e. The molecule has 28 heavy (non-hydrogen) atoms. The number of benzene rings is 2. The van der Waals surface area contributed by atoms with E-state index in [4.69, 9.17) is 9.47 Å². The van der Waals surface area contributed by atoms with E-state index in [0.717, 1.165) is 17.8 Å². The summed E-state index contributed by atoms with van der Waals surface area (Å²) in [6, 6.07) is 19.2. The summed E-state index contributed by atoms with van der Waals surface area (Å²) in [5.74, 6) is 1.25. The number of methoxy groups -OCH3 is 2. The number of nitrogens with zero attached hydrogens (tertiary/aromatic N) is 2. The van der Waals surface area contributed by atoms with Crippen molar-refractivity contribution in [1.29, 1.82) is 0 Å². The zero-order valence-electron chi connectivity index (χ0n) is 16.0. The van der Waals surface area contributed by atoms with Crippen LogP contribution in [0.4, 0.5) is 10.5 Å². The Kier molecular flexibility index (Phi) is 4.93. The molecule has 2 amide bonds. The Hall–Kier alpha value is -3.41. The standard InChI is InChI=1S/C22H23N3O3/c1-27-18-13-17(14-19(15-18)28-2)23-22(26)25-12-11-24-10-6-9-20(24)21(25)16-7-4-3-5-8-16/h3-10,13-15,21H,11-12H2,1-2H3,(H,23,26)/t21-/m1/s1. The lowest BCUT2D eigenvalue weighted by Crippen LogP contribution is -2.44. The first-order valence-corrected chi connectivity index (χ1v) is 9.20. The molecule has 1 aliphatic heterocycles. The fourth-order valence-electron chi connectivity index (χ4n) is 3.66. The first kappa shape index (κ1) is 18.0. The number of amides is 2. The van der Waals surface area contributed by atoms with Gasteiger partial charge < -0.3 is 24.3 Å². The average Bonchev–Trinajstić information content (AvgIpc) is 3.22. The van der Waals surface area contributed by atoms with Crippen LogP contribution in [-0.2, 0) is 6.54 Å². The Bertz CT molecular complexity index is 946. The number of hydrogen-bond acceptors (Lipinski definition) is 3. The zero-order chi connectivity index (χ0) is 19.5. The minimum atomic E-state index is -0.156. The van der Waals surface area contributed by atoms with Gasteiger partial charge in [-0.15, -0.1) is 0 Å². The molecule has 0 unspecified atom stereocenters. The third-order valence-corrected chi connectivity index (χ3v) is 5.02. The van der Waals surface area contributed by atoms with E-state index in [1.54, 1.807) is 32.4 Å². The second kappa shape index (κ2) is 7.68. The number of anilines is 1. The van der Waals surface area contributed by atoms with Gasteiger partial charge in [0.25, 0.3) is 0 Å². The minimum Gasteiger partial charge on any atom is -0.497 e. The molecule has 1 atom stereocenters. The van der Waals surface area contributed by atoms with Crippen molar-refractivity contribution in [2.24, 2.45) is 0 Å². The van der Waals surface area contributed by atoms with E-state index in [9.17, 15) is 4.79 Å². The summed E-state index contributed by atoms with van der Waals surface area (Å²) in [4.78, 5) is 15.1. The predicted molar refractivity (Wildman–Crippen MR) is 108 cm³/mol. The van der Waals surface area contributed by atoms with E-state index in [-0.39, 0.29) is 12.1 Å². The van der Waals surface area contributed by atoms with Crippen LogP contribution in [0.15, 0.2) is 66.9 Å². The fourth-order valence-corrected chi connectivity index (χ4v) is 3.66. The van der Waals surface area contributed by atoms with Crippen molar-refractivity contribution < 1.29 is 14.3 Å². The van der Waals surface area contributed by atoms with Gasteiger partial charge >= 0.3 is 6.03 Å². The van der Waals surface area contributed by atoms with Crippen molar-refractivity contribution in [1.82, 2.24) is 9.47 Å². The number of hydrogen-bond donors (Lipinski definition) is 1. The van der Waals surface area contributed by atoms with Crippen molar-refractivity contribution in [3.05, 3.63) is 78.1 Å². The van der Waals surface area contributed by atoms with Crippen LogP contribution in [0.3, 0.4) is 0 Å². The number of aromatic nitrogens is 1. The highest BCUT2D eigenvalue weighted by Crippen LogP contribution is 2.33. The highest BCUT2D eigenvalue weighted by atomic mass is 16.5. The third kappa shape index (κ3) is 3.41. The van der Waals surface area contributed by atoms with Gasteiger partial charge in [-0.25, -0.2) is 4.79 Å². The summed E-state index contributed by atoms with van der Waals surface area (Å²) in [7, 11) is 3.18. The molecule has 144 valence electrons. The van der Waals surface area contributed by atoms with Crippen molar-refractivity contribution in [3.63, 3.8) is 0 Å². The normalized spacial score (nSPS) is 15.6. The van der Waals surface area contributed by atoms with Crippen LogP contribution in [0.25, 0.3) is 0 Å². The number of ether oxygens (including phenoxy) is 2. The SMILES string of the molecule is COc1cc(NC(=O)N2CCn3cccc3[C@H]2c2ccccc2)cc(OC)c1. The van der Waals surface area contributed by atoms with Gasteiger partial charge in [-0.2, -0.15) is 0 Å². The topological polar surface area (TPSA) is 55.7 Å². The van der Waals surface area contributed by atoms with Crippen LogP contribution in [0.5, 0.6) is 11.5 Å². The van der Waals surface area contributed by atoms with E-state index >= 15 is 0 Å². The second-order valence-corrected chi connectivity index (χ2v) is 6.66. The summed E-state index contributed by atoms with van der Waals surface area (Å²) in [6.07, 6.45) is 2.06. The number of urea groups is 1. The molecule has 2 aromatic carbocycles. The van der Waals surface area contributed by atoms with Gasteiger partial charge in [0.15, 0.2) is 0 Å². The van der Waals surface area contributed by atoms with E-state index in [0.29, 0.717) is 23.7 Å². The molecule has 2 heterocycles. The van der Waals surface area contributed by atoms with Gasteiger partial charge in [-0.3, -0.25) is 0 Å². The number of carbonyl (C=O) groups is 1. The minimum absolute atomic E-state index is 0.141. The monoisotopic (exact) mass is 377 g/mol.